The Kier molecular flexibility index (Phi) is 20.9. The van der Waals surface area contributed by atoms with Gasteiger partial charge in [0.05, 0.1) is 25.2 Å². The Bertz CT molecular complexity index is 1220. The number of anilines is 1. The lowest BCUT2D eigenvalue weighted by atomic mass is 10.0. The molecular weight excluding hydrogens is 621 g/mol. The molecule has 0 saturated carbocycles. The summed E-state index contributed by atoms with van der Waals surface area (Å²) in [7, 11) is 0. The van der Waals surface area contributed by atoms with Gasteiger partial charge in [-0.25, -0.2) is 0 Å². The summed E-state index contributed by atoms with van der Waals surface area (Å²) in [6.45, 7) is 36.6. The standard InChI is InChI=1S/C37H60N8O.2C2H6/c1-8-34(27-40-33(7)43-15-11-22-46-23-21-43)32(6)41-36-13-10-12-29(3)24-31(5)45(36)28-38-14-16-42-17-19-44(20-18-42)37-30(4)25-39-26-35(37)9-2;2*1-2/h8,10,12,24-26,29,32,34,38H,1,9,11,13-23,27-28H2,2-7H3;2*1-2H3/b12-10-,31-24?,40-33?,41-36?;;. The van der Waals surface area contributed by atoms with E-state index in [2.05, 4.69) is 96.2 Å². The topological polar surface area (TPSA) is 71.8 Å². The fraction of sp³-hybridized carbons (Fsp3) is 0.683. The van der Waals surface area contributed by atoms with Gasteiger partial charge in [-0.3, -0.25) is 25.2 Å². The first-order valence-electron chi connectivity index (χ1n) is 19.6. The van der Waals surface area contributed by atoms with Crippen molar-refractivity contribution < 1.29 is 4.74 Å². The maximum atomic E-state index is 5.63. The molecule has 0 aliphatic carbocycles. The van der Waals surface area contributed by atoms with Crippen LogP contribution < -0.4 is 10.2 Å². The van der Waals surface area contributed by atoms with Gasteiger partial charge in [0.25, 0.3) is 0 Å². The molecule has 0 bridgehead atoms. The van der Waals surface area contributed by atoms with Crippen molar-refractivity contribution in [3.05, 3.63) is 60.1 Å². The molecule has 0 aromatic carbocycles. The predicted octanol–water partition coefficient (Wildman–Crippen LogP) is 7.21. The van der Waals surface area contributed by atoms with Crippen LogP contribution in [0.5, 0.6) is 0 Å². The lowest BCUT2D eigenvalue weighted by Crippen LogP contribution is -2.49. The average molecular weight is 693 g/mol. The molecule has 3 atom stereocenters. The van der Waals surface area contributed by atoms with E-state index in [1.807, 2.05) is 46.2 Å². The Balaban J connectivity index is 0.00000209. The fourth-order valence-electron chi connectivity index (χ4n) is 6.68. The summed E-state index contributed by atoms with van der Waals surface area (Å²) in [5.74, 6) is 2.75. The van der Waals surface area contributed by atoms with Gasteiger partial charge in [0.15, 0.2) is 0 Å². The van der Waals surface area contributed by atoms with Crippen LogP contribution in [0, 0.1) is 18.8 Å². The molecule has 1 aromatic rings. The van der Waals surface area contributed by atoms with Gasteiger partial charge in [0.1, 0.15) is 5.84 Å². The molecule has 1 aromatic heterocycles. The Morgan fingerprint density at radius 3 is 2.52 bits per heavy atom. The van der Waals surface area contributed by atoms with Crippen molar-refractivity contribution in [3.63, 3.8) is 0 Å². The van der Waals surface area contributed by atoms with Crippen LogP contribution in [0.15, 0.2) is 59.0 Å². The van der Waals surface area contributed by atoms with E-state index in [0.717, 1.165) is 103 Å². The molecule has 1 N–H and O–H groups in total. The van der Waals surface area contributed by atoms with E-state index in [1.165, 1.54) is 22.5 Å². The second-order valence-electron chi connectivity index (χ2n) is 13.1. The quantitative estimate of drug-likeness (QED) is 0.108. The van der Waals surface area contributed by atoms with E-state index in [1.54, 1.807) is 0 Å². The largest absolute Gasteiger partial charge is 0.380 e. The van der Waals surface area contributed by atoms with Crippen LogP contribution in [-0.4, -0.2) is 116 Å². The summed E-state index contributed by atoms with van der Waals surface area (Å²) in [4.78, 5) is 24.6. The first-order valence-corrected chi connectivity index (χ1v) is 19.6. The number of pyridine rings is 1. The zero-order chi connectivity index (χ0) is 36.9. The van der Waals surface area contributed by atoms with Gasteiger partial charge >= 0.3 is 0 Å². The number of piperazine rings is 1. The third-order valence-corrected chi connectivity index (χ3v) is 9.59. The van der Waals surface area contributed by atoms with Gasteiger partial charge in [-0.15, -0.1) is 6.58 Å². The SMILES string of the molecule is C=CC(CN=C(C)N1CCCOCC1)C(C)N=C1C/C=C\C(C)C=C(C)N1CNCCN1CCN(c2c(C)cncc2CC)CC1.CC.CC. The van der Waals surface area contributed by atoms with E-state index in [0.29, 0.717) is 12.5 Å². The number of allylic oxidation sites excluding steroid dienone is 3. The third kappa shape index (κ3) is 13.6. The van der Waals surface area contributed by atoms with Crippen molar-refractivity contribution in [2.45, 2.75) is 94.5 Å². The van der Waals surface area contributed by atoms with Crippen molar-refractivity contribution >= 4 is 17.4 Å². The summed E-state index contributed by atoms with van der Waals surface area (Å²) in [5, 5.41) is 3.75. The summed E-state index contributed by atoms with van der Waals surface area (Å²) in [5.41, 5.74) is 5.28. The number of hydrogen-bond acceptors (Lipinski definition) is 7. The maximum Gasteiger partial charge on any atom is 0.108 e. The second-order valence-corrected chi connectivity index (χ2v) is 13.1. The number of hydrogen-bond donors (Lipinski definition) is 1. The molecule has 9 heteroatoms. The summed E-state index contributed by atoms with van der Waals surface area (Å²) in [6.07, 6.45) is 15.9. The van der Waals surface area contributed by atoms with Crippen molar-refractivity contribution in [2.75, 3.05) is 83.7 Å². The maximum absolute atomic E-state index is 5.63. The second kappa shape index (κ2) is 24.2. The highest BCUT2D eigenvalue weighted by atomic mass is 16.5. The minimum atomic E-state index is 0.0746. The van der Waals surface area contributed by atoms with Gasteiger partial charge in [-0.2, -0.15) is 0 Å². The molecule has 3 aliphatic rings. The van der Waals surface area contributed by atoms with Crippen LogP contribution in [0.25, 0.3) is 0 Å². The van der Waals surface area contributed by atoms with Crippen LogP contribution in [0.1, 0.15) is 86.3 Å². The molecule has 0 spiro atoms. The van der Waals surface area contributed by atoms with E-state index in [4.69, 9.17) is 14.7 Å². The zero-order valence-electron chi connectivity index (χ0n) is 33.5. The van der Waals surface area contributed by atoms with Crippen LogP contribution in [0.3, 0.4) is 0 Å². The molecule has 2 saturated heterocycles. The number of aromatic nitrogens is 1. The highest BCUT2D eigenvalue weighted by Gasteiger charge is 2.22. The number of nitrogens with one attached hydrogen (secondary N) is 1. The normalized spacial score (nSPS) is 21.8. The van der Waals surface area contributed by atoms with E-state index >= 15 is 0 Å². The third-order valence-electron chi connectivity index (χ3n) is 9.59. The molecule has 0 amide bonds. The van der Waals surface area contributed by atoms with Gasteiger partial charge < -0.3 is 19.4 Å². The Morgan fingerprint density at radius 2 is 1.82 bits per heavy atom. The Hall–Kier alpha value is -3.01. The van der Waals surface area contributed by atoms with E-state index in [-0.39, 0.29) is 12.0 Å². The molecule has 4 heterocycles. The number of ether oxygens (including phenoxy) is 1. The van der Waals surface area contributed by atoms with Gasteiger partial charge in [0.2, 0.25) is 0 Å². The van der Waals surface area contributed by atoms with Gasteiger partial charge in [-0.1, -0.05) is 65.8 Å². The lowest BCUT2D eigenvalue weighted by Gasteiger charge is -2.38. The number of nitrogens with zero attached hydrogens (tertiary/aromatic N) is 7. The van der Waals surface area contributed by atoms with Gasteiger partial charge in [-0.05, 0) is 57.6 Å². The molecule has 3 aliphatic heterocycles. The number of rotatable bonds is 12. The first kappa shape index (κ1) is 43.2. The minimum Gasteiger partial charge on any atom is -0.380 e. The molecular formula is C41H72N8O. The fourth-order valence-corrected chi connectivity index (χ4v) is 6.68. The Labute approximate surface area is 306 Å². The van der Waals surface area contributed by atoms with Crippen molar-refractivity contribution in [1.82, 2.24) is 25.0 Å². The Morgan fingerprint density at radius 1 is 1.08 bits per heavy atom. The average Bonchev–Trinajstić information content (AvgIpc) is 3.43. The zero-order valence-corrected chi connectivity index (χ0v) is 33.5. The van der Waals surface area contributed by atoms with Crippen molar-refractivity contribution in [3.8, 4) is 0 Å². The van der Waals surface area contributed by atoms with Crippen molar-refractivity contribution in [2.24, 2.45) is 21.8 Å². The predicted molar refractivity (Wildman–Crippen MR) is 217 cm³/mol. The highest BCUT2D eigenvalue weighted by Crippen LogP contribution is 2.26. The first-order chi connectivity index (χ1) is 24.3. The summed E-state index contributed by atoms with van der Waals surface area (Å²) < 4.78 is 5.63. The molecule has 50 heavy (non-hydrogen) atoms. The molecule has 0 radical (unpaired) electrons. The smallest absolute Gasteiger partial charge is 0.108 e. The molecule has 282 valence electrons. The van der Waals surface area contributed by atoms with Crippen molar-refractivity contribution in [1.29, 1.82) is 0 Å². The van der Waals surface area contributed by atoms with E-state index in [9.17, 15) is 0 Å². The highest BCUT2D eigenvalue weighted by molar-refractivity contribution is 5.85. The van der Waals surface area contributed by atoms with Crippen LogP contribution >= 0.6 is 0 Å². The summed E-state index contributed by atoms with van der Waals surface area (Å²) >= 11 is 0. The van der Waals surface area contributed by atoms with Crippen LogP contribution in [0.4, 0.5) is 5.69 Å². The minimum absolute atomic E-state index is 0.0746. The molecule has 4 rings (SSSR count). The summed E-state index contributed by atoms with van der Waals surface area (Å²) in [6, 6.07) is 0.0746. The van der Waals surface area contributed by atoms with E-state index < -0.39 is 0 Å². The number of aryl methyl sites for hydroxylation is 2. The molecule has 9 nitrogen and oxygen atoms in total. The lowest BCUT2D eigenvalue weighted by molar-refractivity contribution is 0.147. The van der Waals surface area contributed by atoms with Gasteiger partial charge in [0, 0.05) is 102 Å². The molecule has 3 unspecified atom stereocenters. The monoisotopic (exact) mass is 693 g/mol. The van der Waals surface area contributed by atoms with Crippen LogP contribution in [0.2, 0.25) is 0 Å². The number of amidine groups is 2. The van der Waals surface area contributed by atoms with Crippen LogP contribution in [-0.2, 0) is 11.2 Å². The number of aliphatic imine (C=N–C) groups is 2. The molecule has 2 fully saturated rings.